The van der Waals surface area contributed by atoms with E-state index in [0.717, 1.165) is 25.3 Å². The Hall–Kier alpha value is -0.503. The lowest BCUT2D eigenvalue weighted by molar-refractivity contribution is -0.480. The highest BCUT2D eigenvalue weighted by atomic mass is 28.4. The van der Waals surface area contributed by atoms with Gasteiger partial charge in [-0.15, -0.1) is 0 Å². The fraction of sp³-hybridized carbons (Fsp3) is 1.00. The second kappa shape index (κ2) is 13.2. The Morgan fingerprint density at radius 3 is 1.52 bits per heavy atom. The fourth-order valence-corrected chi connectivity index (χ4v) is 4.17. The van der Waals surface area contributed by atoms with Gasteiger partial charge >= 0.3 is 8.80 Å². The second-order valence-electron chi connectivity index (χ2n) is 5.28. The van der Waals surface area contributed by atoms with Gasteiger partial charge in [-0.05, 0) is 12.8 Å². The van der Waals surface area contributed by atoms with Gasteiger partial charge in [0.1, 0.15) is 0 Å². The Bertz CT molecular complexity index is 253. The molecular formula is C14H31NO5Si. The van der Waals surface area contributed by atoms with Crippen LogP contribution in [0, 0.1) is 10.1 Å². The van der Waals surface area contributed by atoms with Crippen molar-refractivity contribution in [2.24, 2.45) is 0 Å². The molecule has 0 spiro atoms. The number of hydrogen-bond acceptors (Lipinski definition) is 5. The number of unbranched alkanes of at least 4 members (excludes halogenated alkanes) is 8. The third-order valence-corrected chi connectivity index (χ3v) is 6.59. The van der Waals surface area contributed by atoms with Gasteiger partial charge in [-0.1, -0.05) is 38.5 Å². The smallest absolute Gasteiger partial charge is 0.377 e. The molecule has 0 heterocycles. The molecule has 0 aromatic rings. The minimum atomic E-state index is -2.37. The Morgan fingerprint density at radius 1 is 0.762 bits per heavy atom. The largest absolute Gasteiger partial charge is 0.500 e. The van der Waals surface area contributed by atoms with Crippen molar-refractivity contribution in [2.75, 3.05) is 27.9 Å². The molecule has 0 rings (SSSR count). The molecule has 7 heteroatoms. The van der Waals surface area contributed by atoms with Gasteiger partial charge in [0.05, 0.1) is 0 Å². The Kier molecular flexibility index (Phi) is 12.9. The Morgan fingerprint density at radius 2 is 1.14 bits per heavy atom. The molecule has 0 aromatic heterocycles. The number of nitrogens with zero attached hydrogens (tertiary/aromatic N) is 1. The molecule has 0 atom stereocenters. The van der Waals surface area contributed by atoms with E-state index in [1.807, 2.05) is 0 Å². The third-order valence-electron chi connectivity index (χ3n) is 3.76. The number of rotatable bonds is 15. The lowest BCUT2D eigenvalue weighted by Crippen LogP contribution is -2.42. The van der Waals surface area contributed by atoms with Crippen molar-refractivity contribution in [1.29, 1.82) is 0 Å². The molecule has 0 saturated heterocycles. The van der Waals surface area contributed by atoms with Crippen LogP contribution >= 0.6 is 0 Å². The Labute approximate surface area is 129 Å². The summed E-state index contributed by atoms with van der Waals surface area (Å²) in [6.45, 7) is 0.115. The van der Waals surface area contributed by atoms with Crippen molar-refractivity contribution in [3.05, 3.63) is 10.1 Å². The summed E-state index contributed by atoms with van der Waals surface area (Å²) in [5.74, 6) is 0. The standard InChI is InChI=1S/C14H31NO5Si/c1-18-21(19-2,20-3)14-12-10-8-6-4-5-7-9-11-13-15(16)17/h4-14H2,1-3H3. The van der Waals surface area contributed by atoms with Crippen molar-refractivity contribution < 1.29 is 18.2 Å². The van der Waals surface area contributed by atoms with Crippen molar-refractivity contribution in [2.45, 2.75) is 63.8 Å². The summed E-state index contributed by atoms with van der Waals surface area (Å²) in [5.41, 5.74) is 0. The van der Waals surface area contributed by atoms with Crippen LogP contribution in [0.25, 0.3) is 0 Å². The van der Waals surface area contributed by atoms with Crippen LogP contribution in [-0.2, 0) is 13.3 Å². The molecule has 0 radical (unpaired) electrons. The van der Waals surface area contributed by atoms with Gasteiger partial charge in [-0.2, -0.15) is 0 Å². The minimum Gasteiger partial charge on any atom is -0.377 e. The van der Waals surface area contributed by atoms with Crippen molar-refractivity contribution in [1.82, 2.24) is 0 Å². The van der Waals surface area contributed by atoms with Crippen LogP contribution in [0.15, 0.2) is 0 Å². The van der Waals surface area contributed by atoms with E-state index in [0.29, 0.717) is 6.42 Å². The highest BCUT2D eigenvalue weighted by Crippen LogP contribution is 2.18. The first-order valence-corrected chi connectivity index (χ1v) is 9.80. The summed E-state index contributed by atoms with van der Waals surface area (Å²) in [6, 6.07) is 0.872. The topological polar surface area (TPSA) is 70.8 Å². The van der Waals surface area contributed by atoms with Crippen molar-refractivity contribution in [3.8, 4) is 0 Å². The highest BCUT2D eigenvalue weighted by Gasteiger charge is 2.36. The zero-order chi connectivity index (χ0) is 16.0. The first kappa shape index (κ1) is 20.5. The molecule has 21 heavy (non-hydrogen) atoms. The van der Waals surface area contributed by atoms with E-state index in [1.54, 1.807) is 21.3 Å². The first-order valence-electron chi connectivity index (χ1n) is 7.87. The van der Waals surface area contributed by atoms with Gasteiger partial charge < -0.3 is 13.3 Å². The van der Waals surface area contributed by atoms with E-state index in [4.69, 9.17) is 13.3 Å². The monoisotopic (exact) mass is 321 g/mol. The van der Waals surface area contributed by atoms with E-state index in [2.05, 4.69) is 0 Å². The SMILES string of the molecule is CO[Si](CCCCCCCCCCC[N+](=O)[O-])(OC)OC. The second-order valence-corrected chi connectivity index (χ2v) is 8.37. The van der Waals surface area contributed by atoms with Crippen LogP contribution in [0.3, 0.4) is 0 Å². The average molecular weight is 321 g/mol. The maximum atomic E-state index is 10.2. The zero-order valence-corrected chi connectivity index (χ0v) is 14.8. The van der Waals surface area contributed by atoms with Gasteiger partial charge in [-0.25, -0.2) is 0 Å². The lowest BCUT2D eigenvalue weighted by atomic mass is 10.1. The molecule has 0 aliphatic carbocycles. The van der Waals surface area contributed by atoms with Crippen LogP contribution in [0.4, 0.5) is 0 Å². The van der Waals surface area contributed by atoms with Crippen LogP contribution in [0.2, 0.25) is 6.04 Å². The molecular weight excluding hydrogens is 290 g/mol. The van der Waals surface area contributed by atoms with E-state index >= 15 is 0 Å². The first-order chi connectivity index (χ1) is 10.1. The van der Waals surface area contributed by atoms with Crippen LogP contribution < -0.4 is 0 Å². The summed E-state index contributed by atoms with van der Waals surface area (Å²) >= 11 is 0. The summed E-state index contributed by atoms with van der Waals surface area (Å²) in [6.07, 6.45) is 9.91. The lowest BCUT2D eigenvalue weighted by Gasteiger charge is -2.24. The minimum absolute atomic E-state index is 0.115. The fourth-order valence-electron chi connectivity index (χ4n) is 2.38. The predicted octanol–water partition coefficient (Wildman–Crippen LogP) is 3.65. The van der Waals surface area contributed by atoms with E-state index in [9.17, 15) is 10.1 Å². The normalized spacial score (nSPS) is 11.8. The summed E-state index contributed by atoms with van der Waals surface area (Å²) in [4.78, 5) is 9.92. The number of hydrogen-bond donors (Lipinski definition) is 0. The van der Waals surface area contributed by atoms with Crippen LogP contribution in [0.5, 0.6) is 0 Å². The molecule has 0 aliphatic heterocycles. The molecule has 0 saturated carbocycles. The molecule has 0 aromatic carbocycles. The Balaban J connectivity index is 3.34. The summed E-state index contributed by atoms with van der Waals surface area (Å²) in [5, 5.41) is 10.2. The van der Waals surface area contributed by atoms with Crippen LogP contribution in [0.1, 0.15) is 57.8 Å². The number of nitro groups is 1. The van der Waals surface area contributed by atoms with Crippen molar-refractivity contribution in [3.63, 3.8) is 0 Å². The quantitative estimate of drug-likeness (QED) is 0.199. The molecule has 126 valence electrons. The van der Waals surface area contributed by atoms with Crippen molar-refractivity contribution >= 4 is 8.80 Å². The molecule has 0 fully saturated rings. The van der Waals surface area contributed by atoms with Gasteiger partial charge in [0, 0.05) is 38.7 Å². The third kappa shape index (κ3) is 10.8. The van der Waals surface area contributed by atoms with Gasteiger partial charge in [0.25, 0.3) is 0 Å². The molecule has 0 aliphatic rings. The van der Waals surface area contributed by atoms with E-state index in [-0.39, 0.29) is 11.5 Å². The van der Waals surface area contributed by atoms with Gasteiger partial charge in [0.15, 0.2) is 0 Å². The molecule has 0 bridgehead atoms. The van der Waals surface area contributed by atoms with E-state index in [1.165, 1.54) is 32.1 Å². The molecule has 0 unspecified atom stereocenters. The highest BCUT2D eigenvalue weighted by molar-refractivity contribution is 6.60. The van der Waals surface area contributed by atoms with Crippen LogP contribution in [-0.4, -0.2) is 41.6 Å². The average Bonchev–Trinajstić information content (AvgIpc) is 2.49. The molecule has 0 N–H and O–H groups in total. The molecule has 6 nitrogen and oxygen atoms in total. The summed E-state index contributed by atoms with van der Waals surface area (Å²) in [7, 11) is 2.58. The van der Waals surface area contributed by atoms with Gasteiger partial charge in [0.2, 0.25) is 6.54 Å². The predicted molar refractivity (Wildman–Crippen MR) is 85.0 cm³/mol. The van der Waals surface area contributed by atoms with E-state index < -0.39 is 8.80 Å². The zero-order valence-electron chi connectivity index (χ0n) is 13.8. The summed E-state index contributed by atoms with van der Waals surface area (Å²) < 4.78 is 16.1. The molecule has 0 amide bonds. The maximum absolute atomic E-state index is 10.2. The maximum Gasteiger partial charge on any atom is 0.500 e. The van der Waals surface area contributed by atoms with Gasteiger partial charge in [-0.3, -0.25) is 10.1 Å².